The largest absolute Gasteiger partial charge is 0.508 e. The summed E-state index contributed by atoms with van der Waals surface area (Å²) in [5, 5.41) is 10.3. The third-order valence-electron chi connectivity index (χ3n) is 4.05. The zero-order valence-corrected chi connectivity index (χ0v) is 13.9. The minimum atomic E-state index is -1.50. The number of ether oxygens (including phenoxy) is 3. The number of nitrogens with two attached hydrogens (primary N) is 1. The van der Waals surface area contributed by atoms with Gasteiger partial charge in [0.05, 0.1) is 19.1 Å². The molecule has 0 saturated carbocycles. The summed E-state index contributed by atoms with van der Waals surface area (Å²) in [6.45, 7) is -0.543. The van der Waals surface area contributed by atoms with E-state index in [2.05, 4.69) is 20.6 Å². The van der Waals surface area contributed by atoms with Crippen molar-refractivity contribution >= 4 is 34.6 Å². The van der Waals surface area contributed by atoms with Crippen LogP contribution >= 0.6 is 11.6 Å². The van der Waals surface area contributed by atoms with Gasteiger partial charge in [-0.1, -0.05) is 5.92 Å². The quantitative estimate of drug-likeness (QED) is 0.470. The van der Waals surface area contributed by atoms with Crippen molar-refractivity contribution in [2.45, 2.75) is 24.4 Å². The van der Waals surface area contributed by atoms with E-state index in [4.69, 9.17) is 33.2 Å². The summed E-state index contributed by atoms with van der Waals surface area (Å²) in [5.41, 5.74) is 4.77. The molecule has 0 aliphatic carbocycles. The fourth-order valence-electron chi connectivity index (χ4n) is 2.79. The normalized spacial score (nSPS) is 25.7. The Bertz CT molecular complexity index is 863. The van der Waals surface area contributed by atoms with Crippen molar-refractivity contribution < 1.29 is 24.1 Å². The number of halogens is 1. The molecule has 3 rings (SSSR count). The highest BCUT2D eigenvalue weighted by Gasteiger charge is 2.51. The minimum absolute atomic E-state index is 0.0179. The molecule has 1 saturated heterocycles. The van der Waals surface area contributed by atoms with E-state index < -0.39 is 30.7 Å². The van der Waals surface area contributed by atoms with Crippen LogP contribution in [0.25, 0.3) is 11.0 Å². The van der Waals surface area contributed by atoms with Crippen LogP contribution in [0.1, 0.15) is 12.6 Å². The second-order valence-corrected chi connectivity index (χ2v) is 5.74. The van der Waals surface area contributed by atoms with Crippen molar-refractivity contribution in [3.8, 4) is 12.3 Å². The van der Waals surface area contributed by atoms with E-state index in [1.807, 2.05) is 0 Å². The number of hydrogen-bond acceptors (Lipinski definition) is 8. The minimum Gasteiger partial charge on any atom is -0.438 e. The predicted octanol–water partition coefficient (Wildman–Crippen LogP) is 1.10. The Balaban J connectivity index is 1.99. The monoisotopic (exact) mass is 366 g/mol. The Hall–Kier alpha value is -2.54. The van der Waals surface area contributed by atoms with Gasteiger partial charge in [0.15, 0.2) is 11.7 Å². The zero-order chi connectivity index (χ0) is 18.2. The Morgan fingerprint density at radius 2 is 2.44 bits per heavy atom. The van der Waals surface area contributed by atoms with Gasteiger partial charge in [0.2, 0.25) is 5.28 Å². The molecule has 0 unspecified atom stereocenters. The lowest BCUT2D eigenvalue weighted by Gasteiger charge is -2.26. The second-order valence-electron chi connectivity index (χ2n) is 5.40. The summed E-state index contributed by atoms with van der Waals surface area (Å²) < 4.78 is 17.1. The summed E-state index contributed by atoms with van der Waals surface area (Å²) in [4.78, 5) is 19.5. The molecule has 0 spiro atoms. The van der Waals surface area contributed by atoms with Crippen molar-refractivity contribution in [3.63, 3.8) is 0 Å². The molecule has 1 fully saturated rings. The molecule has 2 aromatic rings. The lowest BCUT2D eigenvalue weighted by atomic mass is 9.99. The van der Waals surface area contributed by atoms with Crippen LogP contribution in [0.2, 0.25) is 5.28 Å². The lowest BCUT2D eigenvalue weighted by Crippen LogP contribution is -2.44. The van der Waals surface area contributed by atoms with Crippen LogP contribution in [0.15, 0.2) is 12.3 Å². The maximum absolute atomic E-state index is 11.5. The van der Waals surface area contributed by atoms with Gasteiger partial charge in [0.1, 0.15) is 17.7 Å². The number of fused-ring (bicyclic) bond motifs is 1. The number of carbonyl (C=O) groups excluding carboxylic acids is 1. The third-order valence-corrected chi connectivity index (χ3v) is 4.22. The molecule has 3 heterocycles. The molecule has 0 amide bonds. The zero-order valence-electron chi connectivity index (χ0n) is 13.2. The highest BCUT2D eigenvalue weighted by molar-refractivity contribution is 6.28. The maximum atomic E-state index is 11.5. The van der Waals surface area contributed by atoms with Crippen LogP contribution in [0, 0.1) is 12.3 Å². The average molecular weight is 367 g/mol. The first-order valence-electron chi connectivity index (χ1n) is 7.24. The van der Waals surface area contributed by atoms with Gasteiger partial charge < -0.3 is 29.6 Å². The third kappa shape index (κ3) is 2.84. The van der Waals surface area contributed by atoms with Crippen molar-refractivity contribution in [1.29, 1.82) is 0 Å². The van der Waals surface area contributed by atoms with Gasteiger partial charge in [-0.3, -0.25) is 0 Å². The first-order chi connectivity index (χ1) is 11.9. The number of terminal acetylenes is 1. The Morgan fingerprint density at radius 1 is 1.68 bits per heavy atom. The highest BCUT2D eigenvalue weighted by atomic mass is 35.5. The van der Waals surface area contributed by atoms with Crippen molar-refractivity contribution in [3.05, 3.63) is 17.5 Å². The lowest BCUT2D eigenvalue weighted by molar-refractivity contribution is -0.0962. The van der Waals surface area contributed by atoms with Crippen LogP contribution in [-0.2, 0) is 14.2 Å². The summed E-state index contributed by atoms with van der Waals surface area (Å²) >= 11 is 5.87. The van der Waals surface area contributed by atoms with Gasteiger partial charge in [0.25, 0.3) is 0 Å². The van der Waals surface area contributed by atoms with Gasteiger partial charge in [-0.05, 0) is 17.7 Å². The second kappa shape index (κ2) is 6.40. The van der Waals surface area contributed by atoms with Gasteiger partial charge in [0, 0.05) is 12.6 Å². The molecule has 0 bridgehead atoms. The maximum Gasteiger partial charge on any atom is 0.508 e. The van der Waals surface area contributed by atoms with Crippen LogP contribution < -0.4 is 5.73 Å². The summed E-state index contributed by atoms with van der Waals surface area (Å²) in [5.74, 6) is 2.59. The highest BCUT2D eigenvalue weighted by Crippen LogP contribution is 2.40. The van der Waals surface area contributed by atoms with E-state index in [-0.39, 0.29) is 17.5 Å². The van der Waals surface area contributed by atoms with Crippen molar-refractivity contribution in [1.82, 2.24) is 14.5 Å². The molecule has 3 N–H and O–H groups in total. The smallest absolute Gasteiger partial charge is 0.438 e. The van der Waals surface area contributed by atoms with Crippen LogP contribution in [0.3, 0.4) is 0 Å². The van der Waals surface area contributed by atoms with Gasteiger partial charge in [-0.15, -0.1) is 6.42 Å². The number of carbonyl (C=O) groups is 1. The molecular formula is C15H15ClN4O5. The van der Waals surface area contributed by atoms with E-state index in [1.165, 1.54) is 7.11 Å². The van der Waals surface area contributed by atoms with E-state index in [0.29, 0.717) is 11.0 Å². The number of anilines is 1. The molecule has 1 aliphatic rings. The molecule has 25 heavy (non-hydrogen) atoms. The van der Waals surface area contributed by atoms with Gasteiger partial charge >= 0.3 is 6.16 Å². The summed E-state index contributed by atoms with van der Waals surface area (Å²) in [6, 6.07) is 1.70. The fraction of sp³-hybridized carbons (Fsp3) is 0.400. The topological polar surface area (TPSA) is 122 Å². The standard InChI is InChI=1S/C15H15ClN4O5/c1-3-15(7-21)9(24-14(22)23-2)6-10(25-15)20-5-4-8-11(17)18-13(16)19-12(8)20/h1,4-5,9-10,21H,6-7H2,2H3,(H2,17,18,19)/t9-,10+,15+/m0/s1. The summed E-state index contributed by atoms with van der Waals surface area (Å²) in [6.07, 6.45) is 4.87. The van der Waals surface area contributed by atoms with Crippen LogP contribution in [0.4, 0.5) is 10.6 Å². The first-order valence-corrected chi connectivity index (χ1v) is 7.62. The fourth-order valence-corrected chi connectivity index (χ4v) is 2.96. The molecule has 0 radical (unpaired) electrons. The molecular weight excluding hydrogens is 352 g/mol. The van der Waals surface area contributed by atoms with E-state index in [9.17, 15) is 9.90 Å². The Kier molecular flexibility index (Phi) is 4.43. The van der Waals surface area contributed by atoms with Gasteiger partial charge in [-0.25, -0.2) is 9.78 Å². The number of nitrogens with zero attached hydrogens (tertiary/aromatic N) is 3. The van der Waals surface area contributed by atoms with Crippen LogP contribution in [0.5, 0.6) is 0 Å². The Morgan fingerprint density at radius 3 is 3.08 bits per heavy atom. The summed E-state index contributed by atoms with van der Waals surface area (Å²) in [7, 11) is 1.17. The van der Waals surface area contributed by atoms with E-state index >= 15 is 0 Å². The number of methoxy groups -OCH3 is 1. The van der Waals surface area contributed by atoms with Crippen molar-refractivity contribution in [2.24, 2.45) is 0 Å². The number of hydrogen-bond donors (Lipinski definition) is 2. The first kappa shape index (κ1) is 17.3. The SMILES string of the molecule is C#C[C@]1(CO)O[C@@H](n2ccc3c(N)nc(Cl)nc32)C[C@@H]1OC(=O)OC. The number of aromatic nitrogens is 3. The number of aliphatic hydroxyl groups excluding tert-OH is 1. The Labute approximate surface area is 147 Å². The number of aliphatic hydroxyl groups is 1. The molecule has 1 aliphatic heterocycles. The number of nitrogen functional groups attached to an aromatic ring is 1. The van der Waals surface area contributed by atoms with Crippen molar-refractivity contribution in [2.75, 3.05) is 19.5 Å². The molecule has 9 nitrogen and oxygen atoms in total. The predicted molar refractivity (Wildman–Crippen MR) is 87.6 cm³/mol. The molecule has 2 aromatic heterocycles. The average Bonchev–Trinajstić information content (AvgIpc) is 3.16. The van der Waals surface area contributed by atoms with E-state index in [1.54, 1.807) is 16.8 Å². The van der Waals surface area contributed by atoms with Crippen LogP contribution in [-0.4, -0.2) is 51.2 Å². The molecule has 132 valence electrons. The molecule has 3 atom stereocenters. The van der Waals surface area contributed by atoms with Gasteiger partial charge in [-0.2, -0.15) is 4.98 Å². The number of rotatable bonds is 3. The molecule has 0 aromatic carbocycles. The van der Waals surface area contributed by atoms with E-state index in [0.717, 1.165) is 0 Å². The molecule has 10 heteroatoms.